The molecule has 4 nitrogen and oxygen atoms in total. The van der Waals surface area contributed by atoms with Crippen LogP contribution in [0.4, 0.5) is 4.79 Å². The van der Waals surface area contributed by atoms with E-state index in [1.807, 2.05) is 12.1 Å². The van der Waals surface area contributed by atoms with Crippen LogP contribution >= 0.6 is 0 Å². The fourth-order valence-corrected chi connectivity index (χ4v) is 4.52. The molecular formula is C23H27NO3. The Hall–Kier alpha value is -2.33. The maximum atomic E-state index is 12.7. The summed E-state index contributed by atoms with van der Waals surface area (Å²) >= 11 is 0. The van der Waals surface area contributed by atoms with E-state index in [9.17, 15) is 9.90 Å². The van der Waals surface area contributed by atoms with E-state index >= 15 is 0 Å². The number of carbonyl (C=O) groups is 1. The SMILES string of the molecule is CC(C)C1(CO)CCN(C(=O)OCC2c3ccccc3-c3ccccc32)C1. The summed E-state index contributed by atoms with van der Waals surface area (Å²) < 4.78 is 5.75. The molecule has 2 aliphatic rings. The smallest absolute Gasteiger partial charge is 0.409 e. The van der Waals surface area contributed by atoms with Crippen LogP contribution in [0, 0.1) is 11.3 Å². The molecule has 1 saturated heterocycles. The Bertz CT molecular complexity index is 802. The molecule has 1 aliphatic heterocycles. The maximum absolute atomic E-state index is 12.7. The molecule has 0 bridgehead atoms. The van der Waals surface area contributed by atoms with Crippen LogP contribution in [0.25, 0.3) is 11.1 Å². The van der Waals surface area contributed by atoms with Gasteiger partial charge < -0.3 is 14.7 Å². The van der Waals surface area contributed by atoms with E-state index in [0.717, 1.165) is 6.42 Å². The van der Waals surface area contributed by atoms with E-state index < -0.39 is 0 Å². The molecule has 1 atom stereocenters. The zero-order chi connectivity index (χ0) is 19.0. The summed E-state index contributed by atoms with van der Waals surface area (Å²) in [5, 5.41) is 9.83. The standard InChI is InChI=1S/C23H27NO3/c1-16(2)23(15-25)11-12-24(14-23)22(26)27-13-21-19-9-5-3-7-17(19)18-8-4-6-10-20(18)21/h3-10,16,21,25H,11-15H2,1-2H3. The van der Waals surface area contributed by atoms with Crippen molar-refractivity contribution in [3.8, 4) is 11.1 Å². The molecule has 0 aromatic heterocycles. The van der Waals surface area contributed by atoms with Gasteiger partial charge in [0.25, 0.3) is 0 Å². The molecule has 1 N–H and O–H groups in total. The van der Waals surface area contributed by atoms with Gasteiger partial charge in [0.15, 0.2) is 0 Å². The van der Waals surface area contributed by atoms with Gasteiger partial charge in [-0.3, -0.25) is 0 Å². The molecule has 1 fully saturated rings. The van der Waals surface area contributed by atoms with Gasteiger partial charge in [0, 0.05) is 24.4 Å². The van der Waals surface area contributed by atoms with Crippen LogP contribution in [0.2, 0.25) is 0 Å². The minimum Gasteiger partial charge on any atom is -0.448 e. The molecule has 142 valence electrons. The summed E-state index contributed by atoms with van der Waals surface area (Å²) in [7, 11) is 0. The first kappa shape index (κ1) is 18.1. The first-order valence-corrected chi connectivity index (χ1v) is 9.76. The number of benzene rings is 2. The van der Waals surface area contributed by atoms with Crippen molar-refractivity contribution >= 4 is 6.09 Å². The fourth-order valence-electron chi connectivity index (χ4n) is 4.52. The van der Waals surface area contributed by atoms with E-state index in [1.54, 1.807) is 4.90 Å². The first-order valence-electron chi connectivity index (χ1n) is 9.76. The second kappa shape index (κ2) is 7.01. The number of carbonyl (C=O) groups excluding carboxylic acids is 1. The van der Waals surface area contributed by atoms with Gasteiger partial charge in [-0.05, 0) is 34.6 Å². The van der Waals surface area contributed by atoms with Crippen molar-refractivity contribution in [3.63, 3.8) is 0 Å². The van der Waals surface area contributed by atoms with Gasteiger partial charge in [-0.2, -0.15) is 0 Å². The van der Waals surface area contributed by atoms with Crippen molar-refractivity contribution in [2.24, 2.45) is 11.3 Å². The molecule has 1 heterocycles. The lowest BCUT2D eigenvalue weighted by Crippen LogP contribution is -2.37. The molecule has 27 heavy (non-hydrogen) atoms. The number of amides is 1. The molecule has 2 aromatic rings. The topological polar surface area (TPSA) is 49.8 Å². The lowest BCUT2D eigenvalue weighted by Gasteiger charge is -2.31. The number of aliphatic hydroxyl groups is 1. The maximum Gasteiger partial charge on any atom is 0.409 e. The summed E-state index contributed by atoms with van der Waals surface area (Å²) in [5.74, 6) is 0.408. The Labute approximate surface area is 160 Å². The largest absolute Gasteiger partial charge is 0.448 e. The van der Waals surface area contributed by atoms with E-state index in [-0.39, 0.29) is 24.0 Å². The normalized spacial score (nSPS) is 21.4. The third-order valence-corrected chi connectivity index (χ3v) is 6.52. The van der Waals surface area contributed by atoms with Crippen LogP contribution in [0.5, 0.6) is 0 Å². The van der Waals surface area contributed by atoms with Crippen LogP contribution in [-0.2, 0) is 4.74 Å². The molecule has 1 aliphatic carbocycles. The zero-order valence-electron chi connectivity index (χ0n) is 16.0. The van der Waals surface area contributed by atoms with Gasteiger partial charge >= 0.3 is 6.09 Å². The highest BCUT2D eigenvalue weighted by Gasteiger charge is 2.42. The highest BCUT2D eigenvalue weighted by atomic mass is 16.6. The minimum absolute atomic E-state index is 0.0802. The van der Waals surface area contributed by atoms with E-state index in [4.69, 9.17) is 4.74 Å². The highest BCUT2D eigenvalue weighted by molar-refractivity contribution is 5.79. The lowest BCUT2D eigenvalue weighted by molar-refractivity contribution is 0.0713. The Kier molecular flexibility index (Phi) is 4.68. The second-order valence-corrected chi connectivity index (χ2v) is 8.15. The third kappa shape index (κ3) is 3.02. The summed E-state index contributed by atoms with van der Waals surface area (Å²) in [5.41, 5.74) is 4.70. The molecule has 4 heteroatoms. The van der Waals surface area contributed by atoms with Crippen LogP contribution in [0.15, 0.2) is 48.5 Å². The summed E-state index contributed by atoms with van der Waals surface area (Å²) in [6.45, 7) is 5.89. The number of aliphatic hydroxyl groups excluding tert-OH is 1. The van der Waals surface area contributed by atoms with E-state index in [0.29, 0.717) is 25.6 Å². The third-order valence-electron chi connectivity index (χ3n) is 6.52. The molecule has 0 spiro atoms. The van der Waals surface area contributed by atoms with Gasteiger partial charge in [-0.15, -0.1) is 0 Å². The Morgan fingerprint density at radius 3 is 2.26 bits per heavy atom. The van der Waals surface area contributed by atoms with Crippen molar-refractivity contribution in [3.05, 3.63) is 59.7 Å². The summed E-state index contributed by atoms with van der Waals surface area (Å²) in [6.07, 6.45) is 0.554. The minimum atomic E-state index is -0.271. The number of ether oxygens (including phenoxy) is 1. The number of rotatable bonds is 4. The number of fused-ring (bicyclic) bond motifs is 3. The van der Waals surface area contributed by atoms with E-state index in [2.05, 4.69) is 50.2 Å². The molecule has 0 radical (unpaired) electrons. The average Bonchev–Trinajstić information content (AvgIpc) is 3.27. The van der Waals surface area contributed by atoms with Crippen LogP contribution < -0.4 is 0 Å². The van der Waals surface area contributed by atoms with Gasteiger partial charge in [-0.25, -0.2) is 4.79 Å². The second-order valence-electron chi connectivity index (χ2n) is 8.15. The van der Waals surface area contributed by atoms with Crippen LogP contribution in [0.3, 0.4) is 0 Å². The quantitative estimate of drug-likeness (QED) is 0.880. The monoisotopic (exact) mass is 365 g/mol. The number of hydrogen-bond acceptors (Lipinski definition) is 3. The van der Waals surface area contributed by atoms with Crippen molar-refractivity contribution < 1.29 is 14.6 Å². The Morgan fingerprint density at radius 1 is 1.15 bits per heavy atom. The average molecular weight is 365 g/mol. The molecule has 2 aromatic carbocycles. The summed E-state index contributed by atoms with van der Waals surface area (Å²) in [4.78, 5) is 14.4. The van der Waals surface area contributed by atoms with Gasteiger partial charge in [-0.1, -0.05) is 62.4 Å². The van der Waals surface area contributed by atoms with Crippen molar-refractivity contribution in [1.29, 1.82) is 0 Å². The predicted molar refractivity (Wildman–Crippen MR) is 106 cm³/mol. The van der Waals surface area contributed by atoms with Crippen molar-refractivity contribution in [1.82, 2.24) is 4.90 Å². The fraction of sp³-hybridized carbons (Fsp3) is 0.435. The number of nitrogens with zero attached hydrogens (tertiary/aromatic N) is 1. The molecule has 1 amide bonds. The zero-order valence-corrected chi connectivity index (χ0v) is 16.0. The molecule has 1 unspecified atom stereocenters. The van der Waals surface area contributed by atoms with Crippen molar-refractivity contribution in [2.45, 2.75) is 26.2 Å². The van der Waals surface area contributed by atoms with E-state index in [1.165, 1.54) is 22.3 Å². The molecule has 0 saturated carbocycles. The molecule has 4 rings (SSSR count). The van der Waals surface area contributed by atoms with Crippen LogP contribution in [-0.4, -0.2) is 42.4 Å². The first-order chi connectivity index (χ1) is 13.1. The Balaban J connectivity index is 1.47. The van der Waals surface area contributed by atoms with Crippen molar-refractivity contribution in [2.75, 3.05) is 26.3 Å². The molecular weight excluding hydrogens is 338 g/mol. The highest BCUT2D eigenvalue weighted by Crippen LogP contribution is 2.44. The predicted octanol–water partition coefficient (Wildman–Crippen LogP) is 4.28. The summed E-state index contributed by atoms with van der Waals surface area (Å²) in [6, 6.07) is 16.7. The number of likely N-dealkylation sites (tertiary alicyclic amines) is 1. The Morgan fingerprint density at radius 2 is 1.74 bits per heavy atom. The van der Waals surface area contributed by atoms with Gasteiger partial charge in [0.1, 0.15) is 6.61 Å². The van der Waals surface area contributed by atoms with Gasteiger partial charge in [0.2, 0.25) is 0 Å². The van der Waals surface area contributed by atoms with Gasteiger partial charge in [0.05, 0.1) is 6.61 Å². The lowest BCUT2D eigenvalue weighted by atomic mass is 9.77. The van der Waals surface area contributed by atoms with Crippen LogP contribution in [0.1, 0.15) is 37.3 Å². The number of hydrogen-bond donors (Lipinski definition) is 1.